The molecule has 0 spiro atoms. The summed E-state index contributed by atoms with van der Waals surface area (Å²) in [6.45, 7) is 2.04. The van der Waals surface area contributed by atoms with Crippen molar-refractivity contribution in [1.82, 2.24) is 0 Å². The quantitative estimate of drug-likeness (QED) is 0.912. The summed E-state index contributed by atoms with van der Waals surface area (Å²) in [5.41, 5.74) is 9.17. The molecule has 2 N–H and O–H groups in total. The summed E-state index contributed by atoms with van der Waals surface area (Å²) in [7, 11) is 1.66. The molecule has 0 aliphatic rings. The van der Waals surface area contributed by atoms with Crippen LogP contribution >= 0.6 is 0 Å². The van der Waals surface area contributed by atoms with E-state index in [1.165, 1.54) is 12.0 Å². The van der Waals surface area contributed by atoms with E-state index in [-0.39, 0.29) is 0 Å². The van der Waals surface area contributed by atoms with E-state index >= 15 is 0 Å². The number of hydrogen-bond acceptors (Lipinski definition) is 2. The molecule has 1 amide bonds. The van der Waals surface area contributed by atoms with Gasteiger partial charge in [-0.15, -0.1) is 0 Å². The number of amides is 1. The zero-order valence-corrected chi connectivity index (χ0v) is 11.0. The van der Waals surface area contributed by atoms with Crippen LogP contribution in [-0.2, 0) is 4.79 Å². The van der Waals surface area contributed by atoms with Gasteiger partial charge >= 0.3 is 0 Å². The van der Waals surface area contributed by atoms with Crippen molar-refractivity contribution in [2.75, 3.05) is 7.11 Å². The summed E-state index contributed by atoms with van der Waals surface area (Å²) in [5, 5.41) is 0. The van der Waals surface area contributed by atoms with Crippen LogP contribution < -0.4 is 10.5 Å². The smallest absolute Gasteiger partial charge is 0.226 e. The molecule has 0 bridgehead atoms. The molecule has 0 aliphatic carbocycles. The molecule has 2 aromatic rings. The van der Waals surface area contributed by atoms with E-state index in [4.69, 9.17) is 10.5 Å². The molecule has 0 atom stereocenters. The monoisotopic (exact) mass is 254 g/mol. The lowest BCUT2D eigenvalue weighted by molar-refractivity contribution is -0.114. The Morgan fingerprint density at radius 1 is 1.16 bits per heavy atom. The summed E-state index contributed by atoms with van der Waals surface area (Å²) in [6, 6.07) is 13.7. The number of benzene rings is 2. The lowest BCUT2D eigenvalue weighted by atomic mass is 10.0. The highest BCUT2D eigenvalue weighted by molar-refractivity contribution is 5.87. The molecule has 3 nitrogen and oxygen atoms in total. The second kappa shape index (κ2) is 5.57. The third-order valence-electron chi connectivity index (χ3n) is 2.89. The van der Waals surface area contributed by atoms with Crippen molar-refractivity contribution in [2.24, 2.45) is 5.73 Å². The molecule has 1 radical (unpaired) electrons. The second-order valence-corrected chi connectivity index (χ2v) is 4.37. The molecule has 2 rings (SSSR count). The molecule has 3 heteroatoms. The number of aryl methyl sites for hydroxylation is 1. The van der Waals surface area contributed by atoms with Crippen molar-refractivity contribution in [3.63, 3.8) is 0 Å². The van der Waals surface area contributed by atoms with Crippen molar-refractivity contribution in [3.8, 4) is 16.9 Å². The fraction of sp³-hybridized carbons (Fsp3) is 0.125. The molecule has 0 heterocycles. The number of methoxy groups -OCH3 is 1. The molecule has 97 valence electrons. The third-order valence-corrected chi connectivity index (χ3v) is 2.89. The van der Waals surface area contributed by atoms with E-state index in [1.807, 2.05) is 43.3 Å². The van der Waals surface area contributed by atoms with Gasteiger partial charge in [0.25, 0.3) is 0 Å². The minimum atomic E-state index is -0.444. The standard InChI is InChI=1S/C16H16NO2/c1-11-3-8-15(19-2)14(9-11)13-6-4-12(5-7-13)10-16(17)18/h3-10H,1-2H3,(H2,17,18). The Kier molecular flexibility index (Phi) is 3.85. The van der Waals surface area contributed by atoms with E-state index in [9.17, 15) is 4.79 Å². The van der Waals surface area contributed by atoms with Crippen LogP contribution in [0.15, 0.2) is 42.5 Å². The minimum absolute atomic E-state index is 0.444. The minimum Gasteiger partial charge on any atom is -0.496 e. The van der Waals surface area contributed by atoms with E-state index in [0.717, 1.165) is 22.4 Å². The average molecular weight is 254 g/mol. The van der Waals surface area contributed by atoms with Gasteiger partial charge in [0.15, 0.2) is 0 Å². The van der Waals surface area contributed by atoms with Gasteiger partial charge in [-0.1, -0.05) is 35.9 Å². The molecule has 0 aromatic heterocycles. The first-order chi connectivity index (χ1) is 9.10. The van der Waals surface area contributed by atoms with Gasteiger partial charge in [-0.2, -0.15) is 0 Å². The van der Waals surface area contributed by atoms with Crippen LogP contribution in [0.5, 0.6) is 5.75 Å². The van der Waals surface area contributed by atoms with Crippen molar-refractivity contribution in [3.05, 3.63) is 60.0 Å². The predicted molar refractivity (Wildman–Crippen MR) is 75.8 cm³/mol. The Balaban J connectivity index is 2.36. The number of rotatable bonds is 4. The summed E-state index contributed by atoms with van der Waals surface area (Å²) in [6.07, 6.45) is 1.40. The summed E-state index contributed by atoms with van der Waals surface area (Å²) in [4.78, 5) is 10.8. The predicted octanol–water partition coefficient (Wildman–Crippen LogP) is 2.71. The van der Waals surface area contributed by atoms with Gasteiger partial charge in [-0.05, 0) is 30.2 Å². The van der Waals surface area contributed by atoms with Crippen LogP contribution in [0, 0.1) is 13.3 Å². The highest BCUT2D eigenvalue weighted by Crippen LogP contribution is 2.31. The molecular weight excluding hydrogens is 238 g/mol. The van der Waals surface area contributed by atoms with Crippen LogP contribution in [0.25, 0.3) is 11.1 Å². The fourth-order valence-electron chi connectivity index (χ4n) is 1.97. The first-order valence-corrected chi connectivity index (χ1v) is 5.99. The normalized spacial score (nSPS) is 10.2. The maximum Gasteiger partial charge on any atom is 0.226 e. The Hall–Kier alpha value is -2.29. The molecule has 0 saturated heterocycles. The topological polar surface area (TPSA) is 52.3 Å². The number of hydrogen-bond donors (Lipinski definition) is 1. The largest absolute Gasteiger partial charge is 0.496 e. The fourth-order valence-corrected chi connectivity index (χ4v) is 1.97. The van der Waals surface area contributed by atoms with Gasteiger partial charge in [-0.3, -0.25) is 4.79 Å². The molecule has 0 unspecified atom stereocenters. The third kappa shape index (κ3) is 3.13. The van der Waals surface area contributed by atoms with Gasteiger partial charge in [0, 0.05) is 5.56 Å². The Labute approximate surface area is 113 Å². The van der Waals surface area contributed by atoms with Crippen LogP contribution in [-0.4, -0.2) is 13.0 Å². The highest BCUT2D eigenvalue weighted by atomic mass is 16.5. The second-order valence-electron chi connectivity index (χ2n) is 4.37. The molecule has 2 aromatic carbocycles. The number of carbonyl (C=O) groups excluding carboxylic acids is 1. The Morgan fingerprint density at radius 2 is 1.84 bits per heavy atom. The van der Waals surface area contributed by atoms with Gasteiger partial charge in [-0.25, -0.2) is 0 Å². The average Bonchev–Trinajstić information content (AvgIpc) is 2.39. The van der Waals surface area contributed by atoms with Gasteiger partial charge in [0.05, 0.1) is 13.5 Å². The number of nitrogens with two attached hydrogens (primary N) is 1. The van der Waals surface area contributed by atoms with Gasteiger partial charge < -0.3 is 10.5 Å². The van der Waals surface area contributed by atoms with E-state index < -0.39 is 5.91 Å². The molecule has 0 aliphatic heterocycles. The van der Waals surface area contributed by atoms with E-state index in [2.05, 4.69) is 6.07 Å². The lowest BCUT2D eigenvalue weighted by Crippen LogP contribution is -2.11. The van der Waals surface area contributed by atoms with Crippen LogP contribution in [0.3, 0.4) is 0 Å². The van der Waals surface area contributed by atoms with E-state index in [1.54, 1.807) is 7.11 Å². The van der Waals surface area contributed by atoms with E-state index in [0.29, 0.717) is 0 Å². The van der Waals surface area contributed by atoms with Crippen LogP contribution in [0.1, 0.15) is 11.1 Å². The Bertz CT molecular complexity index is 588. The first-order valence-electron chi connectivity index (χ1n) is 5.99. The number of carbonyl (C=O) groups is 1. The lowest BCUT2D eigenvalue weighted by Gasteiger charge is -2.10. The Morgan fingerprint density at radius 3 is 2.42 bits per heavy atom. The molecular formula is C16H16NO2. The zero-order chi connectivity index (χ0) is 13.8. The highest BCUT2D eigenvalue weighted by Gasteiger charge is 2.06. The van der Waals surface area contributed by atoms with Crippen molar-refractivity contribution >= 4 is 5.91 Å². The number of ether oxygens (including phenoxy) is 1. The van der Waals surface area contributed by atoms with Crippen LogP contribution in [0.2, 0.25) is 0 Å². The van der Waals surface area contributed by atoms with Crippen molar-refractivity contribution in [1.29, 1.82) is 0 Å². The van der Waals surface area contributed by atoms with Crippen LogP contribution in [0.4, 0.5) is 0 Å². The first kappa shape index (κ1) is 13.1. The maximum absolute atomic E-state index is 10.8. The van der Waals surface area contributed by atoms with Crippen molar-refractivity contribution in [2.45, 2.75) is 6.92 Å². The summed E-state index contributed by atoms with van der Waals surface area (Å²) >= 11 is 0. The zero-order valence-electron chi connectivity index (χ0n) is 11.0. The SMILES string of the molecule is COc1ccc(C)cc1-c1ccc([CH]C(N)=O)cc1. The number of primary amides is 1. The summed E-state index contributed by atoms with van der Waals surface area (Å²) < 4.78 is 5.37. The molecule has 0 fully saturated rings. The van der Waals surface area contributed by atoms with Gasteiger partial charge in [0.1, 0.15) is 5.75 Å². The summed E-state index contributed by atoms with van der Waals surface area (Å²) in [5.74, 6) is 0.387. The maximum atomic E-state index is 10.8. The van der Waals surface area contributed by atoms with Gasteiger partial charge in [0.2, 0.25) is 5.91 Å². The molecule has 19 heavy (non-hydrogen) atoms. The molecule has 0 saturated carbocycles. The van der Waals surface area contributed by atoms with Crippen molar-refractivity contribution < 1.29 is 9.53 Å².